The van der Waals surface area contributed by atoms with Crippen LogP contribution in [-0.4, -0.2) is 13.8 Å². The number of nitrogens with two attached hydrogens (primary N) is 1. The van der Waals surface area contributed by atoms with Gasteiger partial charge < -0.3 is 4.74 Å². The third-order valence-corrected chi connectivity index (χ3v) is 2.02. The number of hydrogen-bond acceptors (Lipinski definition) is 4. The molecule has 4 nitrogen and oxygen atoms in total. The Balaban J connectivity index is 2.67. The molecule has 0 saturated carbocycles. The first-order valence-corrected chi connectivity index (χ1v) is 4.62. The number of halogens is 1. The third kappa shape index (κ3) is 3.16. The summed E-state index contributed by atoms with van der Waals surface area (Å²) >= 11 is 5.86. The smallest absolute Gasteiger partial charge is 0.123 e. The van der Waals surface area contributed by atoms with Crippen molar-refractivity contribution in [1.29, 1.82) is 0 Å². The van der Waals surface area contributed by atoms with Gasteiger partial charge in [-0.25, -0.2) is 5.43 Å². The van der Waals surface area contributed by atoms with E-state index in [1.807, 2.05) is 12.1 Å². The summed E-state index contributed by atoms with van der Waals surface area (Å²) in [5.41, 5.74) is 3.51. The molecule has 1 rings (SSSR count). The zero-order valence-electron chi connectivity index (χ0n) is 8.01. The molecule has 0 aromatic heterocycles. The number of hydrazine groups is 1. The fourth-order valence-electron chi connectivity index (χ4n) is 1.15. The lowest BCUT2D eigenvalue weighted by Gasteiger charge is -2.09. The van der Waals surface area contributed by atoms with Gasteiger partial charge in [-0.2, -0.15) is 0 Å². The largest absolute Gasteiger partial charge is 0.496 e. The molecule has 0 aliphatic carbocycles. The molecular formula is C9H14ClN3O. The predicted molar refractivity (Wildman–Crippen MR) is 57.0 cm³/mol. The molecule has 0 aliphatic rings. The van der Waals surface area contributed by atoms with Crippen LogP contribution in [0.1, 0.15) is 5.56 Å². The Kier molecular flexibility index (Phi) is 4.69. The van der Waals surface area contributed by atoms with E-state index in [0.29, 0.717) is 18.2 Å². The van der Waals surface area contributed by atoms with Crippen molar-refractivity contribution >= 4 is 11.6 Å². The molecular weight excluding hydrogens is 202 g/mol. The van der Waals surface area contributed by atoms with E-state index in [1.165, 1.54) is 0 Å². The first-order valence-electron chi connectivity index (χ1n) is 4.24. The Bertz CT molecular complexity index is 293. The summed E-state index contributed by atoms with van der Waals surface area (Å²) in [5, 5.41) is 3.78. The minimum Gasteiger partial charge on any atom is -0.496 e. The number of ether oxygens (including phenoxy) is 1. The van der Waals surface area contributed by atoms with Crippen molar-refractivity contribution < 1.29 is 4.74 Å². The normalized spacial score (nSPS) is 10.2. The average Bonchev–Trinajstić information content (AvgIpc) is 2.19. The fourth-order valence-corrected chi connectivity index (χ4v) is 1.35. The number of hydrogen-bond donors (Lipinski definition) is 3. The molecule has 0 bridgehead atoms. The Morgan fingerprint density at radius 1 is 1.50 bits per heavy atom. The molecule has 0 heterocycles. The van der Waals surface area contributed by atoms with Crippen LogP contribution in [-0.2, 0) is 6.54 Å². The number of methoxy groups -OCH3 is 1. The van der Waals surface area contributed by atoms with Crippen LogP contribution in [0.2, 0.25) is 5.02 Å². The van der Waals surface area contributed by atoms with E-state index in [2.05, 4.69) is 10.7 Å². The first-order chi connectivity index (χ1) is 6.77. The zero-order chi connectivity index (χ0) is 10.4. The quantitative estimate of drug-likeness (QED) is 0.295. The van der Waals surface area contributed by atoms with Crippen LogP contribution in [0.3, 0.4) is 0 Å². The summed E-state index contributed by atoms with van der Waals surface area (Å²) in [6.45, 7) is 1.20. The van der Waals surface area contributed by atoms with E-state index < -0.39 is 0 Å². The highest BCUT2D eigenvalue weighted by atomic mass is 35.5. The van der Waals surface area contributed by atoms with Gasteiger partial charge in [-0.15, -0.1) is 0 Å². The molecule has 1 aromatic rings. The third-order valence-electron chi connectivity index (χ3n) is 1.78. The molecule has 4 N–H and O–H groups in total. The van der Waals surface area contributed by atoms with Gasteiger partial charge in [0.2, 0.25) is 0 Å². The van der Waals surface area contributed by atoms with Gasteiger partial charge in [0.05, 0.1) is 13.8 Å². The summed E-state index contributed by atoms with van der Waals surface area (Å²) in [5.74, 6) is 5.94. The molecule has 1 aromatic carbocycles. The van der Waals surface area contributed by atoms with Crippen LogP contribution >= 0.6 is 11.6 Å². The van der Waals surface area contributed by atoms with Gasteiger partial charge in [0, 0.05) is 17.1 Å². The topological polar surface area (TPSA) is 59.3 Å². The van der Waals surface area contributed by atoms with E-state index in [1.54, 1.807) is 13.2 Å². The van der Waals surface area contributed by atoms with Crippen molar-refractivity contribution in [2.45, 2.75) is 6.54 Å². The molecule has 0 spiro atoms. The highest BCUT2D eigenvalue weighted by molar-refractivity contribution is 6.30. The van der Waals surface area contributed by atoms with Crippen molar-refractivity contribution in [2.24, 2.45) is 5.84 Å². The summed E-state index contributed by atoms with van der Waals surface area (Å²) in [7, 11) is 1.63. The Labute approximate surface area is 88.4 Å². The van der Waals surface area contributed by atoms with Gasteiger partial charge in [-0.05, 0) is 18.2 Å². The molecule has 0 amide bonds. The van der Waals surface area contributed by atoms with Crippen molar-refractivity contribution in [3.63, 3.8) is 0 Å². The van der Waals surface area contributed by atoms with Gasteiger partial charge >= 0.3 is 0 Å². The van der Waals surface area contributed by atoms with Gasteiger partial charge in [0.1, 0.15) is 5.75 Å². The fraction of sp³-hybridized carbons (Fsp3) is 0.333. The summed E-state index contributed by atoms with van der Waals surface area (Å²) in [4.78, 5) is 0. The molecule has 0 fully saturated rings. The van der Waals surface area contributed by atoms with Crippen LogP contribution in [0, 0.1) is 0 Å². The second-order valence-electron chi connectivity index (χ2n) is 2.76. The Morgan fingerprint density at radius 3 is 2.93 bits per heavy atom. The Morgan fingerprint density at radius 2 is 2.29 bits per heavy atom. The predicted octanol–water partition coefficient (Wildman–Crippen LogP) is 0.859. The van der Waals surface area contributed by atoms with E-state index in [-0.39, 0.29) is 0 Å². The van der Waals surface area contributed by atoms with Gasteiger partial charge in [-0.3, -0.25) is 11.2 Å². The summed E-state index contributed by atoms with van der Waals surface area (Å²) in [6.07, 6.45) is 0. The van der Waals surface area contributed by atoms with Crippen LogP contribution in [0.25, 0.3) is 0 Å². The van der Waals surface area contributed by atoms with Crippen molar-refractivity contribution in [3.8, 4) is 5.75 Å². The summed E-state index contributed by atoms with van der Waals surface area (Å²) in [6, 6.07) is 5.50. The van der Waals surface area contributed by atoms with E-state index in [0.717, 1.165) is 11.3 Å². The monoisotopic (exact) mass is 215 g/mol. The molecule has 0 unspecified atom stereocenters. The molecule has 0 atom stereocenters. The highest BCUT2D eigenvalue weighted by Crippen LogP contribution is 2.22. The minimum absolute atomic E-state index is 0.537. The van der Waals surface area contributed by atoms with Gasteiger partial charge in [-0.1, -0.05) is 11.6 Å². The lowest BCUT2D eigenvalue weighted by atomic mass is 10.2. The maximum absolute atomic E-state index is 5.86. The molecule has 0 aliphatic heterocycles. The first kappa shape index (κ1) is 11.3. The van der Waals surface area contributed by atoms with Crippen molar-refractivity contribution in [1.82, 2.24) is 10.7 Å². The zero-order valence-corrected chi connectivity index (χ0v) is 8.77. The SMILES string of the molecule is COc1ccc(Cl)cc1CNCNN. The van der Waals surface area contributed by atoms with E-state index in [9.17, 15) is 0 Å². The molecule has 14 heavy (non-hydrogen) atoms. The molecule has 78 valence electrons. The minimum atomic E-state index is 0.537. The van der Waals surface area contributed by atoms with Gasteiger partial charge in [0.25, 0.3) is 0 Å². The van der Waals surface area contributed by atoms with Crippen LogP contribution in [0.15, 0.2) is 18.2 Å². The lowest BCUT2D eigenvalue weighted by molar-refractivity contribution is 0.407. The van der Waals surface area contributed by atoms with Crippen LogP contribution in [0.5, 0.6) is 5.75 Å². The van der Waals surface area contributed by atoms with Gasteiger partial charge in [0.15, 0.2) is 0 Å². The van der Waals surface area contributed by atoms with Crippen molar-refractivity contribution in [3.05, 3.63) is 28.8 Å². The number of rotatable bonds is 5. The average molecular weight is 216 g/mol. The number of benzene rings is 1. The maximum Gasteiger partial charge on any atom is 0.123 e. The summed E-state index contributed by atoms with van der Waals surface area (Å²) < 4.78 is 5.18. The highest BCUT2D eigenvalue weighted by Gasteiger charge is 2.02. The molecule has 0 saturated heterocycles. The van der Waals surface area contributed by atoms with Crippen LogP contribution in [0.4, 0.5) is 0 Å². The van der Waals surface area contributed by atoms with Crippen molar-refractivity contribution in [2.75, 3.05) is 13.8 Å². The van der Waals surface area contributed by atoms with Crippen LogP contribution < -0.4 is 21.3 Å². The molecule has 5 heteroatoms. The lowest BCUT2D eigenvalue weighted by Crippen LogP contribution is -2.33. The van der Waals surface area contributed by atoms with E-state index in [4.69, 9.17) is 22.2 Å². The standard InChI is InChI=1S/C9H14ClN3O/c1-14-9-3-2-8(10)4-7(9)5-12-6-13-11/h2-4,12-13H,5-6,11H2,1H3. The second-order valence-corrected chi connectivity index (χ2v) is 3.20. The second kappa shape index (κ2) is 5.82. The van der Waals surface area contributed by atoms with E-state index >= 15 is 0 Å². The maximum atomic E-state index is 5.86. The Hall–Kier alpha value is -0.810. The molecule has 0 radical (unpaired) electrons. The number of nitrogens with one attached hydrogen (secondary N) is 2.